The number of likely N-dealkylation sites (tertiary alicyclic amines) is 2. The Labute approximate surface area is 110 Å². The van der Waals surface area contributed by atoms with Crippen LogP contribution in [0.1, 0.15) is 45.4 Å². The second kappa shape index (κ2) is 6.41. The molecule has 2 atom stereocenters. The van der Waals surface area contributed by atoms with Gasteiger partial charge < -0.3 is 14.9 Å². The number of rotatable bonds is 1. The molecule has 4 nitrogen and oxygen atoms in total. The second-order valence-electron chi connectivity index (χ2n) is 5.86. The first-order chi connectivity index (χ1) is 8.72. The summed E-state index contributed by atoms with van der Waals surface area (Å²) in [5, 5.41) is 9.47. The highest BCUT2D eigenvalue weighted by Crippen LogP contribution is 2.21. The molecule has 2 fully saturated rings. The molecule has 0 aromatic heterocycles. The summed E-state index contributed by atoms with van der Waals surface area (Å²) < 4.78 is 0. The van der Waals surface area contributed by atoms with Crippen LogP contribution in [0.15, 0.2) is 0 Å². The van der Waals surface area contributed by atoms with Crippen LogP contribution in [0.5, 0.6) is 0 Å². The second-order valence-corrected chi connectivity index (χ2v) is 5.86. The number of urea groups is 1. The van der Waals surface area contributed by atoms with E-state index >= 15 is 0 Å². The molecule has 2 rings (SSSR count). The number of hydrogen-bond donors (Lipinski definition) is 1. The molecule has 18 heavy (non-hydrogen) atoms. The van der Waals surface area contributed by atoms with Crippen molar-refractivity contribution in [2.24, 2.45) is 5.92 Å². The molecule has 4 heteroatoms. The Morgan fingerprint density at radius 3 is 2.72 bits per heavy atom. The molecule has 2 heterocycles. The highest BCUT2D eigenvalue weighted by atomic mass is 16.3. The molecule has 0 aromatic rings. The Balaban J connectivity index is 2.00. The van der Waals surface area contributed by atoms with E-state index in [0.29, 0.717) is 5.92 Å². The van der Waals surface area contributed by atoms with Gasteiger partial charge in [0, 0.05) is 19.6 Å². The fourth-order valence-electron chi connectivity index (χ4n) is 3.16. The molecule has 0 bridgehead atoms. The summed E-state index contributed by atoms with van der Waals surface area (Å²) in [6.07, 6.45) is 6.68. The van der Waals surface area contributed by atoms with Crippen molar-refractivity contribution in [3.05, 3.63) is 0 Å². The van der Waals surface area contributed by atoms with Gasteiger partial charge in [-0.2, -0.15) is 0 Å². The zero-order valence-corrected chi connectivity index (χ0v) is 11.5. The van der Waals surface area contributed by atoms with Gasteiger partial charge in [-0.3, -0.25) is 0 Å². The summed E-state index contributed by atoms with van der Waals surface area (Å²) in [6, 6.07) is 0.194. The number of piperidine rings is 1. The third kappa shape index (κ3) is 3.16. The van der Waals surface area contributed by atoms with Gasteiger partial charge in [-0.05, 0) is 31.6 Å². The van der Waals surface area contributed by atoms with Crippen LogP contribution in [0.4, 0.5) is 4.79 Å². The third-order valence-electron chi connectivity index (χ3n) is 4.26. The van der Waals surface area contributed by atoms with E-state index in [0.717, 1.165) is 45.3 Å². The molecule has 0 saturated carbocycles. The lowest BCUT2D eigenvalue weighted by molar-refractivity contribution is 0.0943. The van der Waals surface area contributed by atoms with Gasteiger partial charge >= 0.3 is 6.03 Å². The largest absolute Gasteiger partial charge is 0.394 e. The van der Waals surface area contributed by atoms with Crippen LogP contribution < -0.4 is 0 Å². The van der Waals surface area contributed by atoms with Crippen molar-refractivity contribution in [2.75, 3.05) is 26.2 Å². The lowest BCUT2D eigenvalue weighted by Gasteiger charge is -2.37. The minimum atomic E-state index is 0.0391. The van der Waals surface area contributed by atoms with E-state index in [4.69, 9.17) is 0 Å². The van der Waals surface area contributed by atoms with E-state index in [9.17, 15) is 9.90 Å². The molecule has 0 aromatic carbocycles. The summed E-state index contributed by atoms with van der Waals surface area (Å²) >= 11 is 0. The summed E-state index contributed by atoms with van der Waals surface area (Å²) in [7, 11) is 0. The predicted molar refractivity (Wildman–Crippen MR) is 71.4 cm³/mol. The van der Waals surface area contributed by atoms with Gasteiger partial charge in [0.2, 0.25) is 0 Å². The predicted octanol–water partition coefficient (Wildman–Crippen LogP) is 2.08. The average Bonchev–Trinajstić information content (AvgIpc) is 2.62. The molecular weight excluding hydrogens is 228 g/mol. The molecule has 2 saturated heterocycles. The summed E-state index contributed by atoms with van der Waals surface area (Å²) in [6.45, 7) is 4.90. The van der Waals surface area contributed by atoms with Crippen LogP contribution in [0.2, 0.25) is 0 Å². The number of nitrogens with zero attached hydrogens (tertiary/aromatic N) is 2. The molecule has 0 radical (unpaired) electrons. The lowest BCUT2D eigenvalue weighted by Crippen LogP contribution is -2.51. The van der Waals surface area contributed by atoms with E-state index in [2.05, 4.69) is 6.92 Å². The van der Waals surface area contributed by atoms with Crippen molar-refractivity contribution in [3.63, 3.8) is 0 Å². The highest BCUT2D eigenvalue weighted by molar-refractivity contribution is 5.75. The van der Waals surface area contributed by atoms with E-state index in [1.54, 1.807) is 0 Å². The van der Waals surface area contributed by atoms with Gasteiger partial charge in [-0.25, -0.2) is 4.79 Å². The molecule has 2 amide bonds. The fraction of sp³-hybridized carbons (Fsp3) is 0.929. The quantitative estimate of drug-likeness (QED) is 0.778. The average molecular weight is 254 g/mol. The number of aliphatic hydroxyl groups is 1. The van der Waals surface area contributed by atoms with Gasteiger partial charge in [-0.15, -0.1) is 0 Å². The minimum Gasteiger partial charge on any atom is -0.394 e. The van der Waals surface area contributed by atoms with Gasteiger partial charge in [-0.1, -0.05) is 19.8 Å². The first-order valence-electron chi connectivity index (χ1n) is 7.38. The van der Waals surface area contributed by atoms with Crippen LogP contribution in [0.25, 0.3) is 0 Å². The van der Waals surface area contributed by atoms with Crippen LogP contribution >= 0.6 is 0 Å². The molecule has 2 aliphatic rings. The van der Waals surface area contributed by atoms with Crippen molar-refractivity contribution in [2.45, 2.75) is 51.5 Å². The number of amides is 2. The topological polar surface area (TPSA) is 43.8 Å². The molecule has 1 N–H and O–H groups in total. The van der Waals surface area contributed by atoms with Crippen LogP contribution in [0.3, 0.4) is 0 Å². The van der Waals surface area contributed by atoms with Gasteiger partial charge in [0.25, 0.3) is 0 Å². The van der Waals surface area contributed by atoms with Crippen LogP contribution in [-0.4, -0.2) is 53.2 Å². The maximum Gasteiger partial charge on any atom is 0.320 e. The smallest absolute Gasteiger partial charge is 0.320 e. The van der Waals surface area contributed by atoms with Crippen molar-refractivity contribution in [1.82, 2.24) is 9.80 Å². The highest BCUT2D eigenvalue weighted by Gasteiger charge is 2.30. The maximum absolute atomic E-state index is 12.6. The van der Waals surface area contributed by atoms with Gasteiger partial charge in [0.15, 0.2) is 0 Å². The van der Waals surface area contributed by atoms with Gasteiger partial charge in [0.1, 0.15) is 0 Å². The molecule has 2 aliphatic heterocycles. The standard InChI is InChI=1S/C14H26N2O2/c1-12-6-5-8-15(10-12)14(18)16-9-4-2-3-7-13(16)11-17/h12-13,17H,2-11H2,1H3. The number of hydrogen-bond acceptors (Lipinski definition) is 2. The van der Waals surface area contributed by atoms with Gasteiger partial charge in [0.05, 0.1) is 12.6 Å². The van der Waals surface area contributed by atoms with Crippen molar-refractivity contribution >= 4 is 6.03 Å². The van der Waals surface area contributed by atoms with Crippen molar-refractivity contribution in [3.8, 4) is 0 Å². The van der Waals surface area contributed by atoms with Crippen molar-refractivity contribution < 1.29 is 9.90 Å². The van der Waals surface area contributed by atoms with Crippen LogP contribution in [-0.2, 0) is 0 Å². The normalized spacial score (nSPS) is 30.1. The van der Waals surface area contributed by atoms with Crippen molar-refractivity contribution in [1.29, 1.82) is 0 Å². The van der Waals surface area contributed by atoms with E-state index < -0.39 is 0 Å². The molecule has 0 spiro atoms. The minimum absolute atomic E-state index is 0.0391. The molecule has 0 aliphatic carbocycles. The Morgan fingerprint density at radius 1 is 1.17 bits per heavy atom. The monoisotopic (exact) mass is 254 g/mol. The van der Waals surface area contributed by atoms with E-state index in [-0.39, 0.29) is 18.7 Å². The fourth-order valence-corrected chi connectivity index (χ4v) is 3.16. The Bertz CT molecular complexity index is 283. The molecular formula is C14H26N2O2. The Hall–Kier alpha value is -0.770. The zero-order valence-electron chi connectivity index (χ0n) is 11.5. The first kappa shape index (κ1) is 13.7. The zero-order chi connectivity index (χ0) is 13.0. The third-order valence-corrected chi connectivity index (χ3v) is 4.26. The Morgan fingerprint density at radius 2 is 2.00 bits per heavy atom. The SMILES string of the molecule is CC1CCCN(C(=O)N2CCCCCC2CO)C1. The lowest BCUT2D eigenvalue weighted by atomic mass is 10.0. The first-order valence-corrected chi connectivity index (χ1v) is 7.38. The number of aliphatic hydroxyl groups excluding tert-OH is 1. The maximum atomic E-state index is 12.6. The Kier molecular flexibility index (Phi) is 4.87. The van der Waals surface area contributed by atoms with E-state index in [1.807, 2.05) is 9.80 Å². The molecule has 2 unspecified atom stereocenters. The number of carbonyl (C=O) groups is 1. The van der Waals surface area contributed by atoms with E-state index in [1.165, 1.54) is 12.8 Å². The summed E-state index contributed by atoms with van der Waals surface area (Å²) in [5.74, 6) is 0.613. The summed E-state index contributed by atoms with van der Waals surface area (Å²) in [4.78, 5) is 16.5. The van der Waals surface area contributed by atoms with Crippen LogP contribution in [0, 0.1) is 5.92 Å². The summed E-state index contributed by atoms with van der Waals surface area (Å²) in [5.41, 5.74) is 0. The number of carbonyl (C=O) groups excluding carboxylic acids is 1. The molecule has 104 valence electrons.